The van der Waals surface area contributed by atoms with E-state index in [0.29, 0.717) is 17.0 Å². The van der Waals surface area contributed by atoms with Crippen LogP contribution in [0, 0.1) is 13.8 Å². The third kappa shape index (κ3) is 6.34. The second kappa shape index (κ2) is 11.6. The van der Waals surface area contributed by atoms with Gasteiger partial charge in [0.2, 0.25) is 5.91 Å². The molecule has 0 aliphatic heterocycles. The van der Waals surface area contributed by atoms with Gasteiger partial charge in [-0.2, -0.15) is 0 Å². The van der Waals surface area contributed by atoms with E-state index >= 15 is 0 Å². The molecule has 0 saturated heterocycles. The van der Waals surface area contributed by atoms with E-state index in [-0.39, 0.29) is 11.8 Å². The quantitative estimate of drug-likeness (QED) is 0.257. The third-order valence-corrected chi connectivity index (χ3v) is 7.10. The summed E-state index contributed by atoms with van der Waals surface area (Å²) >= 11 is 1.47. The molecule has 4 aromatic carbocycles. The van der Waals surface area contributed by atoms with E-state index in [1.54, 1.807) is 31.4 Å². The zero-order chi connectivity index (χ0) is 25.5. The third-order valence-electron chi connectivity index (χ3n) is 5.83. The van der Waals surface area contributed by atoms with Crippen LogP contribution < -0.4 is 15.4 Å². The monoisotopic (exact) mass is 496 g/mol. The van der Waals surface area contributed by atoms with Crippen molar-refractivity contribution in [3.63, 3.8) is 0 Å². The van der Waals surface area contributed by atoms with Crippen molar-refractivity contribution in [1.82, 2.24) is 0 Å². The van der Waals surface area contributed by atoms with Gasteiger partial charge in [-0.15, -0.1) is 11.8 Å². The predicted molar refractivity (Wildman–Crippen MR) is 147 cm³/mol. The molecule has 0 heterocycles. The average molecular weight is 497 g/mol. The van der Waals surface area contributed by atoms with Crippen LogP contribution in [0.25, 0.3) is 0 Å². The van der Waals surface area contributed by atoms with E-state index in [0.717, 1.165) is 21.7 Å². The first kappa shape index (κ1) is 25.1. The van der Waals surface area contributed by atoms with Gasteiger partial charge in [-0.3, -0.25) is 9.59 Å². The lowest BCUT2D eigenvalue weighted by Gasteiger charge is -2.18. The van der Waals surface area contributed by atoms with Crippen molar-refractivity contribution in [3.05, 3.63) is 119 Å². The molecule has 0 aliphatic rings. The lowest BCUT2D eigenvalue weighted by Crippen LogP contribution is -2.19. The Kier molecular flexibility index (Phi) is 8.08. The molecule has 1 unspecified atom stereocenters. The first-order chi connectivity index (χ1) is 17.4. The summed E-state index contributed by atoms with van der Waals surface area (Å²) in [6.45, 7) is 4.08. The van der Waals surface area contributed by atoms with Crippen molar-refractivity contribution in [2.45, 2.75) is 24.0 Å². The second-order valence-electron chi connectivity index (χ2n) is 8.40. The van der Waals surface area contributed by atoms with Crippen LogP contribution in [0.3, 0.4) is 0 Å². The Morgan fingerprint density at radius 1 is 0.750 bits per heavy atom. The molecule has 182 valence electrons. The lowest BCUT2D eigenvalue weighted by atomic mass is 10.1. The molecular formula is C30H28N2O3S. The molecule has 0 spiro atoms. The first-order valence-electron chi connectivity index (χ1n) is 11.6. The highest BCUT2D eigenvalue weighted by Crippen LogP contribution is 2.37. The number of benzene rings is 4. The summed E-state index contributed by atoms with van der Waals surface area (Å²) < 4.78 is 5.14. The van der Waals surface area contributed by atoms with Gasteiger partial charge in [-0.1, -0.05) is 36.4 Å². The number of ether oxygens (including phenoxy) is 1. The van der Waals surface area contributed by atoms with Gasteiger partial charge in [0.1, 0.15) is 11.0 Å². The molecule has 2 N–H and O–H groups in total. The zero-order valence-electron chi connectivity index (χ0n) is 20.4. The number of amides is 2. The minimum Gasteiger partial charge on any atom is -0.497 e. The summed E-state index contributed by atoms with van der Waals surface area (Å²) in [6, 6.07) is 30.1. The number of hydrogen-bond donors (Lipinski definition) is 2. The topological polar surface area (TPSA) is 67.4 Å². The molecule has 6 heteroatoms. The van der Waals surface area contributed by atoms with Crippen LogP contribution >= 0.6 is 11.8 Å². The van der Waals surface area contributed by atoms with E-state index in [9.17, 15) is 9.59 Å². The standard InChI is InChI=1S/C30H28N2O3S/c1-20-9-12-25(19-21(20)2)32-30(34)28(22-7-5-4-6-8-22)36-27-17-13-24(14-18-27)31-29(33)23-10-15-26(35-3)16-11-23/h4-19,28H,1-3H3,(H,31,33)(H,32,34). The molecule has 0 saturated carbocycles. The number of rotatable bonds is 8. The van der Waals surface area contributed by atoms with Crippen molar-refractivity contribution in [1.29, 1.82) is 0 Å². The zero-order valence-corrected chi connectivity index (χ0v) is 21.3. The fourth-order valence-corrected chi connectivity index (χ4v) is 4.65. The fraction of sp³-hybridized carbons (Fsp3) is 0.133. The molecule has 4 aromatic rings. The van der Waals surface area contributed by atoms with Gasteiger partial charge in [-0.25, -0.2) is 0 Å². The molecular weight excluding hydrogens is 468 g/mol. The fourth-order valence-electron chi connectivity index (χ4n) is 3.63. The van der Waals surface area contributed by atoms with E-state index in [1.807, 2.05) is 86.6 Å². The van der Waals surface area contributed by atoms with Crippen LogP contribution in [0.4, 0.5) is 11.4 Å². The van der Waals surface area contributed by atoms with E-state index in [2.05, 4.69) is 10.6 Å². The number of aryl methyl sites for hydroxylation is 2. The number of anilines is 2. The van der Waals surface area contributed by atoms with Gasteiger partial charge in [0.05, 0.1) is 7.11 Å². The number of thioether (sulfide) groups is 1. The van der Waals surface area contributed by atoms with Gasteiger partial charge >= 0.3 is 0 Å². The molecule has 5 nitrogen and oxygen atoms in total. The normalized spacial score (nSPS) is 11.4. The maximum Gasteiger partial charge on any atom is 0.255 e. The summed E-state index contributed by atoms with van der Waals surface area (Å²) in [5.41, 5.74) is 5.23. The Balaban J connectivity index is 1.47. The molecule has 0 fully saturated rings. The average Bonchev–Trinajstić information content (AvgIpc) is 2.90. The molecule has 0 aromatic heterocycles. The van der Waals surface area contributed by atoms with Gasteiger partial charge in [-0.05, 0) is 91.2 Å². The van der Waals surface area contributed by atoms with Crippen molar-refractivity contribution >= 4 is 35.0 Å². The highest BCUT2D eigenvalue weighted by atomic mass is 32.2. The van der Waals surface area contributed by atoms with Crippen LogP contribution in [0.1, 0.15) is 32.3 Å². The molecule has 4 rings (SSSR count). The minimum atomic E-state index is -0.437. The molecule has 0 bridgehead atoms. The van der Waals surface area contributed by atoms with Crippen molar-refractivity contribution in [3.8, 4) is 5.75 Å². The van der Waals surface area contributed by atoms with Gasteiger partial charge in [0.25, 0.3) is 5.91 Å². The van der Waals surface area contributed by atoms with Crippen molar-refractivity contribution in [2.24, 2.45) is 0 Å². The summed E-state index contributed by atoms with van der Waals surface area (Å²) in [5.74, 6) is 0.404. The Bertz CT molecular complexity index is 1340. The maximum absolute atomic E-state index is 13.3. The Labute approximate surface area is 215 Å². The van der Waals surface area contributed by atoms with Gasteiger partial charge in [0.15, 0.2) is 0 Å². The van der Waals surface area contributed by atoms with Crippen molar-refractivity contribution < 1.29 is 14.3 Å². The molecule has 2 amide bonds. The van der Waals surface area contributed by atoms with E-state index in [4.69, 9.17) is 4.74 Å². The Morgan fingerprint density at radius 3 is 2.06 bits per heavy atom. The Morgan fingerprint density at radius 2 is 1.42 bits per heavy atom. The SMILES string of the molecule is COc1ccc(C(=O)Nc2ccc(SC(C(=O)Nc3ccc(C)c(C)c3)c3ccccc3)cc2)cc1. The van der Waals surface area contributed by atoms with Crippen LogP contribution in [-0.4, -0.2) is 18.9 Å². The van der Waals surface area contributed by atoms with Gasteiger partial charge < -0.3 is 15.4 Å². The molecule has 36 heavy (non-hydrogen) atoms. The molecule has 0 radical (unpaired) electrons. The predicted octanol–water partition coefficient (Wildman–Crippen LogP) is 7.04. The van der Waals surface area contributed by atoms with Crippen molar-refractivity contribution in [2.75, 3.05) is 17.7 Å². The van der Waals surface area contributed by atoms with Crippen LogP contribution in [-0.2, 0) is 4.79 Å². The summed E-state index contributed by atoms with van der Waals surface area (Å²) in [7, 11) is 1.59. The smallest absolute Gasteiger partial charge is 0.255 e. The minimum absolute atomic E-state index is 0.0914. The summed E-state index contributed by atoms with van der Waals surface area (Å²) in [4.78, 5) is 26.8. The molecule has 0 aliphatic carbocycles. The number of carbonyl (C=O) groups is 2. The first-order valence-corrected chi connectivity index (χ1v) is 12.5. The Hall–Kier alpha value is -4.03. The van der Waals surface area contributed by atoms with Gasteiger partial charge in [0, 0.05) is 21.8 Å². The highest BCUT2D eigenvalue weighted by molar-refractivity contribution is 8.00. The summed E-state index contributed by atoms with van der Waals surface area (Å²) in [6.07, 6.45) is 0. The maximum atomic E-state index is 13.3. The highest BCUT2D eigenvalue weighted by Gasteiger charge is 2.22. The number of methoxy groups -OCH3 is 1. The van der Waals surface area contributed by atoms with Crippen LogP contribution in [0.2, 0.25) is 0 Å². The van der Waals surface area contributed by atoms with E-state index in [1.165, 1.54) is 17.3 Å². The van der Waals surface area contributed by atoms with Crippen LogP contribution in [0.15, 0.2) is 102 Å². The largest absolute Gasteiger partial charge is 0.497 e. The van der Waals surface area contributed by atoms with E-state index < -0.39 is 5.25 Å². The second-order valence-corrected chi connectivity index (χ2v) is 9.58. The van der Waals surface area contributed by atoms with Crippen LogP contribution in [0.5, 0.6) is 5.75 Å². The lowest BCUT2D eigenvalue weighted by molar-refractivity contribution is -0.115. The number of carbonyl (C=O) groups excluding carboxylic acids is 2. The molecule has 1 atom stereocenters. The number of nitrogens with one attached hydrogen (secondary N) is 2. The number of hydrogen-bond acceptors (Lipinski definition) is 4. The summed E-state index contributed by atoms with van der Waals surface area (Å²) in [5, 5.41) is 5.53.